The lowest BCUT2D eigenvalue weighted by molar-refractivity contribution is -0.139. The summed E-state index contributed by atoms with van der Waals surface area (Å²) in [6.07, 6.45) is 5.31. The topological polar surface area (TPSA) is 96.9 Å². The van der Waals surface area contributed by atoms with Crippen molar-refractivity contribution in [3.05, 3.63) is 35.0 Å². The summed E-state index contributed by atoms with van der Waals surface area (Å²) in [6.45, 7) is 4.16. The van der Waals surface area contributed by atoms with Gasteiger partial charge in [0.05, 0.1) is 25.3 Å². The van der Waals surface area contributed by atoms with Gasteiger partial charge < -0.3 is 25.2 Å². The van der Waals surface area contributed by atoms with Gasteiger partial charge >= 0.3 is 12.0 Å². The molecular weight excluding hydrogens is 348 g/mol. The fourth-order valence-corrected chi connectivity index (χ4v) is 3.04. The number of carbonyl (C=O) groups excluding carboxylic acids is 2. The van der Waals surface area contributed by atoms with Gasteiger partial charge in [-0.25, -0.2) is 9.59 Å². The first-order chi connectivity index (χ1) is 13.0. The van der Waals surface area contributed by atoms with Crippen molar-refractivity contribution >= 4 is 12.0 Å². The van der Waals surface area contributed by atoms with Crippen LogP contribution in [-0.2, 0) is 9.53 Å². The summed E-state index contributed by atoms with van der Waals surface area (Å²) in [5.41, 5.74) is 1.41. The molecule has 0 aromatic heterocycles. The number of ether oxygens (including phenoxy) is 2. The fourth-order valence-electron chi connectivity index (χ4n) is 3.04. The zero-order chi connectivity index (χ0) is 19.8. The number of amides is 2. The van der Waals surface area contributed by atoms with E-state index in [9.17, 15) is 14.7 Å². The van der Waals surface area contributed by atoms with Crippen molar-refractivity contribution < 1.29 is 24.2 Å². The third-order valence-electron chi connectivity index (χ3n) is 4.51. The van der Waals surface area contributed by atoms with Crippen molar-refractivity contribution in [2.24, 2.45) is 0 Å². The van der Waals surface area contributed by atoms with Gasteiger partial charge in [0.1, 0.15) is 0 Å². The number of hydrogen-bond donors (Lipinski definition) is 3. The van der Waals surface area contributed by atoms with E-state index in [-0.39, 0.29) is 11.5 Å². The maximum atomic E-state index is 12.7. The van der Waals surface area contributed by atoms with E-state index in [1.54, 1.807) is 19.1 Å². The molecule has 2 amide bonds. The molecule has 0 fully saturated rings. The monoisotopic (exact) mass is 376 g/mol. The van der Waals surface area contributed by atoms with Gasteiger partial charge in [-0.1, -0.05) is 38.7 Å². The van der Waals surface area contributed by atoms with E-state index < -0.39 is 18.0 Å². The lowest BCUT2D eigenvalue weighted by atomic mass is 9.95. The van der Waals surface area contributed by atoms with Gasteiger partial charge in [0.25, 0.3) is 0 Å². The molecule has 7 nitrogen and oxygen atoms in total. The zero-order valence-corrected chi connectivity index (χ0v) is 16.1. The second-order valence-corrected chi connectivity index (χ2v) is 6.55. The molecule has 3 N–H and O–H groups in total. The van der Waals surface area contributed by atoms with Crippen LogP contribution < -0.4 is 15.4 Å². The first-order valence-electron chi connectivity index (χ1n) is 9.30. The van der Waals surface area contributed by atoms with Gasteiger partial charge in [0.15, 0.2) is 11.5 Å². The third kappa shape index (κ3) is 5.39. The summed E-state index contributed by atoms with van der Waals surface area (Å²) in [5.74, 6) is -0.215. The molecule has 0 spiro atoms. The molecule has 1 aliphatic rings. The first-order valence-corrected chi connectivity index (χ1v) is 9.30. The number of phenolic OH excluding ortho intramolecular Hbond substituents is 1. The number of benzene rings is 1. The maximum absolute atomic E-state index is 12.7. The van der Waals surface area contributed by atoms with Crippen LogP contribution in [0, 0.1) is 0 Å². The number of unbranched alkanes of at least 4 members (excludes halogenated alkanes) is 4. The summed E-state index contributed by atoms with van der Waals surface area (Å²) >= 11 is 0. The Bertz CT molecular complexity index is 714. The van der Waals surface area contributed by atoms with Crippen LogP contribution in [0.2, 0.25) is 0 Å². The Morgan fingerprint density at radius 1 is 1.22 bits per heavy atom. The Morgan fingerprint density at radius 3 is 2.67 bits per heavy atom. The van der Waals surface area contributed by atoms with Gasteiger partial charge in [-0.15, -0.1) is 0 Å². The Kier molecular flexibility index (Phi) is 7.52. The highest BCUT2D eigenvalue weighted by atomic mass is 16.5. The minimum atomic E-state index is -0.680. The molecule has 1 unspecified atom stereocenters. The van der Waals surface area contributed by atoms with Gasteiger partial charge in [-0.2, -0.15) is 0 Å². The van der Waals surface area contributed by atoms with Crippen LogP contribution in [0.4, 0.5) is 4.79 Å². The van der Waals surface area contributed by atoms with Crippen LogP contribution in [-0.4, -0.2) is 30.8 Å². The molecule has 7 heteroatoms. The summed E-state index contributed by atoms with van der Waals surface area (Å²) in [5, 5.41) is 15.1. The molecule has 27 heavy (non-hydrogen) atoms. The molecular formula is C20H28N2O5. The second kappa shape index (κ2) is 9.85. The number of esters is 1. The van der Waals surface area contributed by atoms with Gasteiger partial charge in [0, 0.05) is 5.70 Å². The van der Waals surface area contributed by atoms with Crippen LogP contribution in [0.5, 0.6) is 11.5 Å². The van der Waals surface area contributed by atoms with Crippen LogP contribution >= 0.6 is 0 Å². The van der Waals surface area contributed by atoms with Crippen molar-refractivity contribution in [3.63, 3.8) is 0 Å². The number of aromatic hydroxyl groups is 1. The molecule has 1 heterocycles. The van der Waals surface area contributed by atoms with Crippen LogP contribution in [0.1, 0.15) is 57.6 Å². The minimum absolute atomic E-state index is 0.0154. The summed E-state index contributed by atoms with van der Waals surface area (Å²) < 4.78 is 10.6. The van der Waals surface area contributed by atoms with Crippen molar-refractivity contribution in [3.8, 4) is 11.5 Å². The Morgan fingerprint density at radius 2 is 1.96 bits per heavy atom. The number of methoxy groups -OCH3 is 1. The molecule has 148 valence electrons. The second-order valence-electron chi connectivity index (χ2n) is 6.55. The van der Waals surface area contributed by atoms with E-state index in [0.717, 1.165) is 25.7 Å². The van der Waals surface area contributed by atoms with Gasteiger partial charge in [-0.3, -0.25) is 0 Å². The Labute approximate surface area is 159 Å². The minimum Gasteiger partial charge on any atom is -0.504 e. The number of hydrogen-bond acceptors (Lipinski definition) is 5. The molecule has 1 aromatic rings. The van der Waals surface area contributed by atoms with E-state index in [2.05, 4.69) is 17.6 Å². The average Bonchev–Trinajstić information content (AvgIpc) is 2.64. The van der Waals surface area contributed by atoms with Gasteiger partial charge in [-0.05, 0) is 31.0 Å². The van der Waals surface area contributed by atoms with E-state index in [1.165, 1.54) is 19.6 Å². The highest BCUT2D eigenvalue weighted by molar-refractivity contribution is 5.95. The molecule has 0 saturated carbocycles. The summed E-state index contributed by atoms with van der Waals surface area (Å²) in [7, 11) is 1.44. The summed E-state index contributed by atoms with van der Waals surface area (Å²) in [6, 6.07) is 3.62. The van der Waals surface area contributed by atoms with E-state index in [0.29, 0.717) is 23.4 Å². The summed E-state index contributed by atoms with van der Waals surface area (Å²) in [4.78, 5) is 24.6. The predicted octanol–water partition coefficient (Wildman–Crippen LogP) is 3.54. The van der Waals surface area contributed by atoms with E-state index in [4.69, 9.17) is 9.47 Å². The normalized spacial score (nSPS) is 16.6. The van der Waals surface area contributed by atoms with Crippen LogP contribution in [0.15, 0.2) is 29.5 Å². The fraction of sp³-hybridized carbons (Fsp3) is 0.500. The molecule has 0 radical (unpaired) electrons. The molecule has 0 bridgehead atoms. The Balaban J connectivity index is 2.14. The van der Waals surface area contributed by atoms with Crippen molar-refractivity contribution in [2.45, 2.75) is 52.0 Å². The predicted molar refractivity (Wildman–Crippen MR) is 101 cm³/mol. The quantitative estimate of drug-likeness (QED) is 0.452. The van der Waals surface area contributed by atoms with Gasteiger partial charge in [0.2, 0.25) is 0 Å². The molecule has 0 saturated heterocycles. The standard InChI is InChI=1S/C20H28N2O5/c1-4-5-6-7-8-11-27-19(24)17-13(2)21-20(25)22-18(17)14-9-10-15(23)16(12-14)26-3/h9-10,12,18,23H,4-8,11H2,1-3H3,(H2,21,22,25). The van der Waals surface area contributed by atoms with Crippen molar-refractivity contribution in [1.29, 1.82) is 0 Å². The number of allylic oxidation sites excluding steroid dienone is 1. The molecule has 0 aliphatic carbocycles. The largest absolute Gasteiger partial charge is 0.504 e. The lowest BCUT2D eigenvalue weighted by Crippen LogP contribution is -2.45. The van der Waals surface area contributed by atoms with Crippen molar-refractivity contribution in [2.75, 3.05) is 13.7 Å². The molecule has 1 aromatic carbocycles. The maximum Gasteiger partial charge on any atom is 0.338 e. The Hall–Kier alpha value is -2.70. The zero-order valence-electron chi connectivity index (χ0n) is 16.1. The molecule has 1 aliphatic heterocycles. The smallest absolute Gasteiger partial charge is 0.338 e. The van der Waals surface area contributed by atoms with Crippen LogP contribution in [0.25, 0.3) is 0 Å². The number of urea groups is 1. The van der Waals surface area contributed by atoms with E-state index in [1.807, 2.05) is 0 Å². The van der Waals surface area contributed by atoms with Crippen molar-refractivity contribution in [1.82, 2.24) is 10.6 Å². The molecule has 1 atom stereocenters. The first kappa shape index (κ1) is 20.6. The highest BCUT2D eigenvalue weighted by Crippen LogP contribution is 2.33. The average molecular weight is 376 g/mol. The number of rotatable bonds is 9. The SMILES string of the molecule is CCCCCCCOC(=O)C1=C(C)NC(=O)NC1c1ccc(O)c(OC)c1. The number of phenols is 1. The molecule has 2 rings (SSSR count). The highest BCUT2D eigenvalue weighted by Gasteiger charge is 2.32. The van der Waals surface area contributed by atoms with Crippen LogP contribution in [0.3, 0.4) is 0 Å². The number of nitrogens with one attached hydrogen (secondary N) is 2. The number of carbonyl (C=O) groups is 2. The lowest BCUT2D eigenvalue weighted by Gasteiger charge is -2.28. The third-order valence-corrected chi connectivity index (χ3v) is 4.51. The van der Waals surface area contributed by atoms with E-state index >= 15 is 0 Å².